The fraction of sp³-hybridized carbons (Fsp3) is 0.571. The van der Waals surface area contributed by atoms with Crippen LogP contribution in [0.25, 0.3) is 0 Å². The van der Waals surface area contributed by atoms with E-state index < -0.39 is 24.0 Å². The van der Waals surface area contributed by atoms with Crippen molar-refractivity contribution in [2.75, 3.05) is 19.4 Å². The van der Waals surface area contributed by atoms with Crippen molar-refractivity contribution in [1.82, 2.24) is 15.6 Å². The zero-order valence-electron chi connectivity index (χ0n) is 18.9. The van der Waals surface area contributed by atoms with Gasteiger partial charge in [-0.25, -0.2) is 9.98 Å². The maximum Gasteiger partial charge on any atom is 0.326 e. The number of thiol groups is 1. The highest BCUT2D eigenvalue weighted by atomic mass is 32.1. The van der Waals surface area contributed by atoms with Crippen molar-refractivity contribution in [3.8, 4) is 0 Å². The first-order chi connectivity index (χ1) is 15.3. The van der Waals surface area contributed by atoms with E-state index in [1.165, 1.54) is 19.8 Å². The normalized spacial score (nSPS) is 20.4. The maximum absolute atomic E-state index is 12.2. The van der Waals surface area contributed by atoms with Gasteiger partial charge in [-0.3, -0.25) is 14.4 Å². The second-order valence-electron chi connectivity index (χ2n) is 6.82. The minimum Gasteiger partial charge on any atom is -0.480 e. The molecule has 0 aliphatic carbocycles. The quantitative estimate of drug-likeness (QED) is 0.350. The van der Waals surface area contributed by atoms with E-state index in [9.17, 15) is 14.4 Å². The van der Waals surface area contributed by atoms with E-state index in [0.29, 0.717) is 12.2 Å². The van der Waals surface area contributed by atoms with Gasteiger partial charge in [0.2, 0.25) is 23.6 Å². The minimum atomic E-state index is -0.836. The fourth-order valence-corrected chi connectivity index (χ4v) is 2.52. The van der Waals surface area contributed by atoms with E-state index in [4.69, 9.17) is 13.9 Å². The number of carbonyl (C=O) groups is 3. The van der Waals surface area contributed by atoms with Crippen LogP contribution in [0.15, 0.2) is 27.8 Å². The Kier molecular flexibility index (Phi) is 12.8. The first kappa shape index (κ1) is 27.2. The van der Waals surface area contributed by atoms with Gasteiger partial charge in [-0.15, -0.1) is 0 Å². The number of allylic oxidation sites excluding steroid dienone is 1. The smallest absolute Gasteiger partial charge is 0.326 e. The summed E-state index contributed by atoms with van der Waals surface area (Å²) in [5.41, 5.74) is 0.287. The summed E-state index contributed by atoms with van der Waals surface area (Å²) >= 11 is 4.11. The van der Waals surface area contributed by atoms with Gasteiger partial charge in [0.1, 0.15) is 25.0 Å². The highest BCUT2D eigenvalue weighted by Crippen LogP contribution is 2.08. The van der Waals surface area contributed by atoms with Crippen LogP contribution in [-0.2, 0) is 30.4 Å². The Morgan fingerprint density at radius 2 is 1.97 bits per heavy atom. The van der Waals surface area contributed by atoms with E-state index >= 15 is 0 Å². The number of fused-ring (bicyclic) bond motifs is 2. The number of aliphatic imine (C=N–C) groups is 1. The van der Waals surface area contributed by atoms with Gasteiger partial charge in [0.15, 0.2) is 5.69 Å². The Morgan fingerprint density at radius 1 is 1.25 bits per heavy atom. The van der Waals surface area contributed by atoms with E-state index in [1.54, 1.807) is 19.1 Å². The largest absolute Gasteiger partial charge is 0.480 e. The van der Waals surface area contributed by atoms with Crippen LogP contribution in [0.1, 0.15) is 51.6 Å². The summed E-state index contributed by atoms with van der Waals surface area (Å²) in [6.45, 7) is 5.48. The predicted molar refractivity (Wildman–Crippen MR) is 122 cm³/mol. The van der Waals surface area contributed by atoms with Gasteiger partial charge < -0.3 is 24.5 Å². The van der Waals surface area contributed by atoms with E-state index in [0.717, 1.165) is 0 Å². The summed E-state index contributed by atoms with van der Waals surface area (Å²) in [5, 5.41) is 5.11. The molecule has 0 aromatic carbocycles. The van der Waals surface area contributed by atoms with Crippen LogP contribution in [0.5, 0.6) is 0 Å². The summed E-state index contributed by atoms with van der Waals surface area (Å²) in [5.74, 6) is -0.569. The molecule has 1 aliphatic heterocycles. The monoisotopic (exact) mass is 468 g/mol. The first-order valence-electron chi connectivity index (χ1n) is 10.4. The molecule has 0 unspecified atom stereocenters. The third kappa shape index (κ3) is 9.99. The molecule has 0 saturated heterocycles. The van der Waals surface area contributed by atoms with Crippen molar-refractivity contribution in [3.63, 3.8) is 0 Å². The molecule has 2 atom stereocenters. The lowest BCUT2D eigenvalue weighted by Crippen LogP contribution is -2.38. The van der Waals surface area contributed by atoms with Gasteiger partial charge in [0.05, 0.1) is 20.1 Å². The number of esters is 1. The summed E-state index contributed by atoms with van der Waals surface area (Å²) in [4.78, 5) is 44.9. The Balaban J connectivity index is 0.00000161. The number of carbonyl (C=O) groups excluding carboxylic acids is 3. The molecule has 1 aliphatic rings. The van der Waals surface area contributed by atoms with E-state index in [-0.39, 0.29) is 42.9 Å². The molecular weight excluding hydrogens is 436 g/mol. The highest BCUT2D eigenvalue weighted by molar-refractivity contribution is 7.80. The number of nitrogens with one attached hydrogen (secondary N) is 2. The number of methoxy groups -OCH3 is 1. The second kappa shape index (κ2) is 15.1. The van der Waals surface area contributed by atoms with Crippen LogP contribution in [0.3, 0.4) is 0 Å². The average Bonchev–Trinajstić information content (AvgIpc) is 3.23. The number of aromatic nitrogens is 1. The van der Waals surface area contributed by atoms with E-state index in [2.05, 4.69) is 47.1 Å². The Bertz CT molecular complexity index is 808. The van der Waals surface area contributed by atoms with Crippen molar-refractivity contribution >= 4 is 36.3 Å². The third-order valence-corrected chi connectivity index (χ3v) is 4.07. The van der Waals surface area contributed by atoms with Crippen molar-refractivity contribution in [2.24, 2.45) is 4.99 Å². The number of hydrogen-bond acceptors (Lipinski definition) is 9. The fourth-order valence-electron chi connectivity index (χ4n) is 2.37. The van der Waals surface area contributed by atoms with Crippen LogP contribution < -0.4 is 10.6 Å². The van der Waals surface area contributed by atoms with Crippen molar-refractivity contribution in [2.45, 2.75) is 58.7 Å². The van der Waals surface area contributed by atoms with Crippen LogP contribution in [-0.4, -0.2) is 60.2 Å². The molecule has 1 aromatic heterocycles. The molecule has 2 heterocycles. The summed E-state index contributed by atoms with van der Waals surface area (Å²) < 4.78 is 15.8. The molecule has 2 rings (SSSR count). The molecule has 0 spiro atoms. The molecule has 2 amide bonds. The van der Waals surface area contributed by atoms with Gasteiger partial charge in [-0.05, 0) is 25.2 Å². The number of nitrogens with zero attached hydrogens (tertiary/aromatic N) is 2. The Labute approximate surface area is 193 Å². The molecule has 1 aromatic rings. The van der Waals surface area contributed by atoms with Crippen molar-refractivity contribution in [3.05, 3.63) is 30.0 Å². The molecule has 32 heavy (non-hydrogen) atoms. The number of oxazole rings is 1. The average molecular weight is 469 g/mol. The predicted octanol–water partition coefficient (Wildman–Crippen LogP) is 1.80. The Morgan fingerprint density at radius 3 is 2.62 bits per heavy atom. The number of rotatable bonds is 3. The molecule has 2 bridgehead atoms. The van der Waals surface area contributed by atoms with Gasteiger partial charge in [0.25, 0.3) is 0 Å². The maximum atomic E-state index is 12.2. The lowest BCUT2D eigenvalue weighted by molar-refractivity contribution is -0.148. The SMILES string of the molecule is CCC.COC1=N[C@H](C)C(=O)NCC(=O)O[C@H](/C=C/CCS)CC(=O)NCc2nc1co2. The van der Waals surface area contributed by atoms with Gasteiger partial charge >= 0.3 is 5.97 Å². The lowest BCUT2D eigenvalue weighted by atomic mass is 10.2. The topological polar surface area (TPSA) is 132 Å². The van der Waals surface area contributed by atoms with Gasteiger partial charge in [-0.1, -0.05) is 26.3 Å². The first-order valence-corrected chi connectivity index (χ1v) is 11.1. The van der Waals surface area contributed by atoms with Crippen molar-refractivity contribution < 1.29 is 28.3 Å². The molecule has 0 radical (unpaired) electrons. The van der Waals surface area contributed by atoms with Gasteiger partial charge in [0, 0.05) is 0 Å². The summed E-state index contributed by atoms with van der Waals surface area (Å²) in [6.07, 6.45) is 5.77. The zero-order chi connectivity index (χ0) is 23.9. The molecule has 2 N–H and O–H groups in total. The van der Waals surface area contributed by atoms with Crippen LogP contribution in [0.4, 0.5) is 0 Å². The molecule has 11 heteroatoms. The number of cyclic esters (lactones) is 1. The van der Waals surface area contributed by atoms with Gasteiger partial charge in [-0.2, -0.15) is 12.6 Å². The molecule has 178 valence electrons. The summed E-state index contributed by atoms with van der Waals surface area (Å²) in [7, 11) is 1.39. The van der Waals surface area contributed by atoms with Crippen LogP contribution in [0.2, 0.25) is 0 Å². The third-order valence-electron chi connectivity index (χ3n) is 3.81. The lowest BCUT2D eigenvalue weighted by Gasteiger charge is -2.15. The minimum absolute atomic E-state index is 0.0346. The van der Waals surface area contributed by atoms with Crippen LogP contribution >= 0.6 is 12.6 Å². The standard InChI is InChI=1S/C18H24N4O6S.C3H8/c1-11-17(25)20-9-16(24)28-12(5-3-4-6-29)7-14(23)19-8-15-22-13(10-27-15)18(21-11)26-2;1-3-2/h3,5,10-12,29H,4,6-9H2,1-2H3,(H,19,23)(H,20,25);3H2,1-2H3/b5-3+,21-18?;/t11-,12-;/m1./s1. The number of ether oxygens (including phenoxy) is 2. The molecule has 0 fully saturated rings. The second-order valence-corrected chi connectivity index (χ2v) is 7.26. The zero-order valence-corrected chi connectivity index (χ0v) is 19.8. The van der Waals surface area contributed by atoms with E-state index in [1.807, 2.05) is 0 Å². The highest BCUT2D eigenvalue weighted by Gasteiger charge is 2.21. The molecular formula is C21H32N4O6S. The Hall–Kier alpha value is -2.82. The summed E-state index contributed by atoms with van der Waals surface area (Å²) in [6, 6.07) is -0.836. The van der Waals surface area contributed by atoms with Crippen LogP contribution in [0, 0.1) is 0 Å². The number of amides is 2. The number of hydrogen-bond donors (Lipinski definition) is 3. The molecule has 0 saturated carbocycles. The molecule has 10 nitrogen and oxygen atoms in total. The van der Waals surface area contributed by atoms with Crippen molar-refractivity contribution in [1.29, 1.82) is 0 Å².